The minimum absolute atomic E-state index is 0.0505. The maximum Gasteiger partial charge on any atom is 0.290 e. The van der Waals surface area contributed by atoms with Crippen molar-refractivity contribution in [1.82, 2.24) is 14.9 Å². The van der Waals surface area contributed by atoms with Gasteiger partial charge in [0, 0.05) is 12.4 Å². The summed E-state index contributed by atoms with van der Waals surface area (Å²) >= 11 is 1.25. The zero-order chi connectivity index (χ0) is 19.8. The van der Waals surface area contributed by atoms with E-state index in [0.29, 0.717) is 21.9 Å². The van der Waals surface area contributed by atoms with E-state index in [-0.39, 0.29) is 12.1 Å². The van der Waals surface area contributed by atoms with Crippen molar-refractivity contribution >= 4 is 23.0 Å². The van der Waals surface area contributed by atoms with Crippen LogP contribution in [0.4, 0.5) is 0 Å². The van der Waals surface area contributed by atoms with E-state index in [9.17, 15) is 14.7 Å². The zero-order valence-electron chi connectivity index (χ0n) is 15.2. The molecule has 0 aliphatic carbocycles. The molecule has 4 rings (SSSR count). The lowest BCUT2D eigenvalue weighted by Crippen LogP contribution is -2.30. The molecule has 0 fully saturated rings. The highest BCUT2D eigenvalue weighted by Gasteiger charge is 2.44. The standard InChI is InChI=1S/C20H17N3O4S/c1-11-19(28-12(2)22-11)17(24)15-16(13-5-7-21-8-6-13)23(20(26)18(15)25)10-14-4-3-9-27-14/h3-9,16,25H,10H2,1-2H3. The molecule has 0 spiro atoms. The molecule has 8 heteroatoms. The number of thiazole rings is 1. The number of furan rings is 1. The predicted octanol–water partition coefficient (Wildman–Crippen LogP) is 3.53. The van der Waals surface area contributed by atoms with Crippen molar-refractivity contribution < 1.29 is 19.1 Å². The Morgan fingerprint density at radius 2 is 2.04 bits per heavy atom. The van der Waals surface area contributed by atoms with Gasteiger partial charge in [0.1, 0.15) is 5.76 Å². The molecule has 28 heavy (non-hydrogen) atoms. The lowest BCUT2D eigenvalue weighted by atomic mass is 9.96. The number of aliphatic hydroxyl groups is 1. The van der Waals surface area contributed by atoms with Crippen LogP contribution in [-0.4, -0.2) is 31.7 Å². The molecule has 1 aliphatic rings. The summed E-state index contributed by atoms with van der Waals surface area (Å²) < 4.78 is 5.37. The molecule has 1 atom stereocenters. The van der Waals surface area contributed by atoms with Crippen molar-refractivity contribution in [3.63, 3.8) is 0 Å². The molecule has 7 nitrogen and oxygen atoms in total. The van der Waals surface area contributed by atoms with Crippen molar-refractivity contribution in [2.75, 3.05) is 0 Å². The first kappa shape index (κ1) is 18.1. The van der Waals surface area contributed by atoms with Crippen molar-refractivity contribution in [2.24, 2.45) is 0 Å². The van der Waals surface area contributed by atoms with Crippen LogP contribution in [0.1, 0.15) is 37.7 Å². The SMILES string of the molecule is Cc1nc(C)c(C(=O)C2=C(O)C(=O)N(Cc3ccco3)C2c2ccncc2)s1. The maximum absolute atomic E-state index is 13.3. The molecule has 0 aromatic carbocycles. The fraction of sp³-hybridized carbons (Fsp3) is 0.200. The molecule has 3 aromatic rings. The largest absolute Gasteiger partial charge is 0.503 e. The number of amides is 1. The Bertz CT molecular complexity index is 1070. The van der Waals surface area contributed by atoms with E-state index < -0.39 is 23.5 Å². The summed E-state index contributed by atoms with van der Waals surface area (Å²) in [4.78, 5) is 36.3. The molecular weight excluding hydrogens is 378 g/mol. The molecule has 1 amide bonds. The number of rotatable bonds is 5. The fourth-order valence-corrected chi connectivity index (χ4v) is 4.25. The lowest BCUT2D eigenvalue weighted by Gasteiger charge is -2.25. The van der Waals surface area contributed by atoms with Gasteiger partial charge in [0.25, 0.3) is 5.91 Å². The third kappa shape index (κ3) is 3.01. The lowest BCUT2D eigenvalue weighted by molar-refractivity contribution is -0.130. The average Bonchev–Trinajstić information content (AvgIpc) is 3.37. The minimum atomic E-state index is -0.741. The Morgan fingerprint density at radius 3 is 2.64 bits per heavy atom. The van der Waals surface area contributed by atoms with Gasteiger partial charge in [-0.2, -0.15) is 0 Å². The van der Waals surface area contributed by atoms with Crippen LogP contribution >= 0.6 is 11.3 Å². The van der Waals surface area contributed by atoms with E-state index in [2.05, 4.69) is 9.97 Å². The van der Waals surface area contributed by atoms with Gasteiger partial charge in [-0.15, -0.1) is 11.3 Å². The number of aromatic nitrogens is 2. The van der Waals surface area contributed by atoms with Gasteiger partial charge in [0.15, 0.2) is 5.76 Å². The van der Waals surface area contributed by atoms with Crippen molar-refractivity contribution in [1.29, 1.82) is 0 Å². The van der Waals surface area contributed by atoms with Crippen LogP contribution in [0.25, 0.3) is 0 Å². The summed E-state index contributed by atoms with van der Waals surface area (Å²) in [5.41, 5.74) is 1.31. The minimum Gasteiger partial charge on any atom is -0.503 e. The second kappa shape index (κ2) is 7.05. The van der Waals surface area contributed by atoms with Crippen molar-refractivity contribution in [2.45, 2.75) is 26.4 Å². The highest BCUT2D eigenvalue weighted by molar-refractivity contribution is 7.14. The Morgan fingerprint density at radius 1 is 1.29 bits per heavy atom. The second-order valence-corrected chi connectivity index (χ2v) is 7.64. The van der Waals surface area contributed by atoms with E-state index in [4.69, 9.17) is 4.42 Å². The quantitative estimate of drug-likeness (QED) is 0.664. The maximum atomic E-state index is 13.3. The highest BCUT2D eigenvalue weighted by Crippen LogP contribution is 2.40. The van der Waals surface area contributed by atoms with Crippen molar-refractivity contribution in [3.05, 3.63) is 81.2 Å². The molecule has 1 unspecified atom stereocenters. The van der Waals surface area contributed by atoms with Crippen LogP contribution in [0.3, 0.4) is 0 Å². The van der Waals surface area contributed by atoms with Gasteiger partial charge in [-0.1, -0.05) is 0 Å². The fourth-order valence-electron chi connectivity index (χ4n) is 3.38. The number of pyridine rings is 1. The van der Waals surface area contributed by atoms with Gasteiger partial charge >= 0.3 is 0 Å². The molecule has 0 saturated carbocycles. The Hall–Kier alpha value is -3.26. The van der Waals surface area contributed by atoms with Gasteiger partial charge in [-0.3, -0.25) is 14.6 Å². The Balaban J connectivity index is 1.81. The van der Waals surface area contributed by atoms with Gasteiger partial charge in [-0.25, -0.2) is 4.98 Å². The molecular formula is C20H17N3O4S. The average molecular weight is 395 g/mol. The van der Waals surface area contributed by atoms with E-state index in [0.717, 1.165) is 5.01 Å². The van der Waals surface area contributed by atoms with Gasteiger partial charge in [0.2, 0.25) is 5.78 Å². The molecule has 1 N–H and O–H groups in total. The molecule has 0 radical (unpaired) electrons. The molecule has 0 bridgehead atoms. The highest BCUT2D eigenvalue weighted by atomic mass is 32.1. The first-order valence-electron chi connectivity index (χ1n) is 8.62. The summed E-state index contributed by atoms with van der Waals surface area (Å²) in [6.07, 6.45) is 4.69. The third-order valence-electron chi connectivity index (χ3n) is 4.59. The molecule has 3 aromatic heterocycles. The Labute approximate surface area is 165 Å². The van der Waals surface area contributed by atoms with Crippen LogP contribution in [0.2, 0.25) is 0 Å². The second-order valence-electron chi connectivity index (χ2n) is 6.43. The number of carbonyl (C=O) groups excluding carboxylic acids is 2. The number of hydrogen-bond donors (Lipinski definition) is 1. The van der Waals surface area contributed by atoms with E-state index in [1.54, 1.807) is 43.6 Å². The number of ketones is 1. The van der Waals surface area contributed by atoms with Gasteiger partial charge in [0.05, 0.1) is 40.0 Å². The van der Waals surface area contributed by atoms with Crippen molar-refractivity contribution in [3.8, 4) is 0 Å². The summed E-state index contributed by atoms with van der Waals surface area (Å²) in [5.74, 6) is -0.985. The first-order valence-corrected chi connectivity index (χ1v) is 9.44. The van der Waals surface area contributed by atoms with Crippen LogP contribution in [0.15, 0.2) is 58.7 Å². The van der Waals surface area contributed by atoms with Crippen LogP contribution < -0.4 is 0 Å². The van der Waals surface area contributed by atoms with E-state index >= 15 is 0 Å². The van der Waals surface area contributed by atoms with Crippen LogP contribution in [0, 0.1) is 13.8 Å². The summed E-state index contributed by atoms with van der Waals surface area (Å²) in [6.45, 7) is 3.68. The number of aryl methyl sites for hydroxylation is 2. The van der Waals surface area contributed by atoms with Gasteiger partial charge < -0.3 is 14.4 Å². The van der Waals surface area contributed by atoms with Crippen LogP contribution in [0.5, 0.6) is 0 Å². The Kier molecular flexibility index (Phi) is 4.56. The number of Topliss-reactive ketones (excluding diaryl/α,β-unsaturated/α-hetero) is 1. The smallest absolute Gasteiger partial charge is 0.290 e. The van der Waals surface area contributed by atoms with Crippen LogP contribution in [-0.2, 0) is 11.3 Å². The van der Waals surface area contributed by atoms with Gasteiger partial charge in [-0.05, 0) is 43.7 Å². The molecule has 142 valence electrons. The number of hydrogen-bond acceptors (Lipinski definition) is 7. The van der Waals surface area contributed by atoms with E-state index in [1.165, 1.54) is 22.5 Å². The predicted molar refractivity (Wildman–Crippen MR) is 102 cm³/mol. The first-order chi connectivity index (χ1) is 13.5. The number of nitrogens with zero attached hydrogens (tertiary/aromatic N) is 3. The molecule has 4 heterocycles. The normalized spacial score (nSPS) is 16.9. The molecule has 1 aliphatic heterocycles. The topological polar surface area (TPSA) is 96.5 Å². The summed E-state index contributed by atoms with van der Waals surface area (Å²) in [5, 5.41) is 11.4. The summed E-state index contributed by atoms with van der Waals surface area (Å²) in [6, 6.07) is 6.17. The number of carbonyl (C=O) groups is 2. The summed E-state index contributed by atoms with van der Waals surface area (Å²) in [7, 11) is 0. The third-order valence-corrected chi connectivity index (χ3v) is 5.66. The van der Waals surface area contributed by atoms with E-state index in [1.807, 2.05) is 6.92 Å². The molecule has 0 saturated heterocycles. The zero-order valence-corrected chi connectivity index (χ0v) is 16.1. The monoisotopic (exact) mass is 395 g/mol. The number of aliphatic hydroxyl groups excluding tert-OH is 1.